The van der Waals surface area contributed by atoms with Crippen LogP contribution in [0.15, 0.2) is 23.1 Å². The number of aryl methyl sites for hydroxylation is 2. The number of sulfone groups is 1. The molecule has 19 heavy (non-hydrogen) atoms. The summed E-state index contributed by atoms with van der Waals surface area (Å²) >= 11 is 0. The number of fused-ring (bicyclic) bond motifs is 1. The topological polar surface area (TPSA) is 60.2 Å². The van der Waals surface area contributed by atoms with Gasteiger partial charge in [-0.05, 0) is 61.3 Å². The molecule has 104 valence electrons. The highest BCUT2D eigenvalue weighted by atomic mass is 32.2. The van der Waals surface area contributed by atoms with Crippen LogP contribution in [-0.2, 0) is 22.7 Å². The predicted molar refractivity (Wildman–Crippen MR) is 75.8 cm³/mol. The van der Waals surface area contributed by atoms with Crippen LogP contribution in [0.3, 0.4) is 0 Å². The Balaban J connectivity index is 1.97. The molecule has 0 spiro atoms. The van der Waals surface area contributed by atoms with Crippen LogP contribution in [0.2, 0.25) is 0 Å². The summed E-state index contributed by atoms with van der Waals surface area (Å²) in [6.45, 7) is 1.97. The van der Waals surface area contributed by atoms with Gasteiger partial charge in [0, 0.05) is 6.04 Å². The van der Waals surface area contributed by atoms with E-state index in [0.29, 0.717) is 11.3 Å². The standard InChI is InChI=1S/C15H21NO2S/c1-10-14(16)7-8-15(10)19(17,18)13-6-5-11-3-2-4-12(11)9-13/h5-6,9-10,14-15H,2-4,7-8,16H2,1H3. The highest BCUT2D eigenvalue weighted by Gasteiger charge is 2.40. The fourth-order valence-electron chi connectivity index (χ4n) is 3.50. The molecule has 2 aliphatic rings. The molecule has 3 nitrogen and oxygen atoms in total. The Bertz CT molecular complexity index is 594. The second kappa shape index (κ2) is 4.60. The fraction of sp³-hybridized carbons (Fsp3) is 0.600. The summed E-state index contributed by atoms with van der Waals surface area (Å²) < 4.78 is 25.5. The Morgan fingerprint density at radius 1 is 1.16 bits per heavy atom. The van der Waals surface area contributed by atoms with Crippen molar-refractivity contribution in [1.29, 1.82) is 0 Å². The lowest BCUT2D eigenvalue weighted by Crippen LogP contribution is -2.32. The Kier molecular flexibility index (Phi) is 3.18. The van der Waals surface area contributed by atoms with Gasteiger partial charge in [-0.1, -0.05) is 13.0 Å². The van der Waals surface area contributed by atoms with Crippen LogP contribution < -0.4 is 5.73 Å². The van der Waals surface area contributed by atoms with E-state index in [2.05, 4.69) is 0 Å². The average Bonchev–Trinajstić information content (AvgIpc) is 2.96. The normalized spacial score (nSPS) is 30.5. The molecule has 0 aliphatic heterocycles. The predicted octanol–water partition coefficient (Wildman–Crippen LogP) is 2.07. The van der Waals surface area contributed by atoms with Crippen molar-refractivity contribution in [3.05, 3.63) is 29.3 Å². The van der Waals surface area contributed by atoms with E-state index in [0.717, 1.165) is 25.7 Å². The molecule has 1 aromatic carbocycles. The van der Waals surface area contributed by atoms with Crippen molar-refractivity contribution in [1.82, 2.24) is 0 Å². The lowest BCUT2D eigenvalue weighted by atomic mass is 10.1. The fourth-order valence-corrected chi connectivity index (χ4v) is 5.62. The smallest absolute Gasteiger partial charge is 0.181 e. The Morgan fingerprint density at radius 3 is 2.58 bits per heavy atom. The summed E-state index contributed by atoms with van der Waals surface area (Å²) in [5, 5.41) is -0.304. The first-order valence-electron chi connectivity index (χ1n) is 7.11. The maximum Gasteiger partial charge on any atom is 0.181 e. The summed E-state index contributed by atoms with van der Waals surface area (Å²) in [6, 6.07) is 5.70. The summed E-state index contributed by atoms with van der Waals surface area (Å²) in [5.41, 5.74) is 8.50. The van der Waals surface area contributed by atoms with Crippen molar-refractivity contribution in [2.24, 2.45) is 11.7 Å². The molecule has 1 saturated carbocycles. The lowest BCUT2D eigenvalue weighted by Gasteiger charge is -2.19. The highest BCUT2D eigenvalue weighted by molar-refractivity contribution is 7.92. The number of hydrogen-bond acceptors (Lipinski definition) is 3. The Morgan fingerprint density at radius 2 is 1.89 bits per heavy atom. The van der Waals surface area contributed by atoms with Crippen molar-refractivity contribution in [2.75, 3.05) is 0 Å². The molecule has 1 fully saturated rings. The number of hydrogen-bond donors (Lipinski definition) is 1. The molecule has 0 amide bonds. The van der Waals surface area contributed by atoms with Gasteiger partial charge in [0.2, 0.25) is 0 Å². The van der Waals surface area contributed by atoms with Crippen LogP contribution in [0.4, 0.5) is 0 Å². The lowest BCUT2D eigenvalue weighted by molar-refractivity contribution is 0.507. The third-order valence-electron chi connectivity index (χ3n) is 4.84. The van der Waals surface area contributed by atoms with E-state index in [9.17, 15) is 8.42 Å². The van der Waals surface area contributed by atoms with Gasteiger partial charge in [0.1, 0.15) is 0 Å². The van der Waals surface area contributed by atoms with E-state index in [-0.39, 0.29) is 17.2 Å². The largest absolute Gasteiger partial charge is 0.327 e. The summed E-state index contributed by atoms with van der Waals surface area (Å²) in [4.78, 5) is 0.499. The second-order valence-electron chi connectivity index (χ2n) is 5.97. The van der Waals surface area contributed by atoms with Gasteiger partial charge in [-0.15, -0.1) is 0 Å². The van der Waals surface area contributed by atoms with Crippen LogP contribution in [-0.4, -0.2) is 19.7 Å². The summed E-state index contributed by atoms with van der Waals surface area (Å²) in [6.07, 6.45) is 4.75. The number of nitrogens with two attached hydrogens (primary N) is 1. The molecule has 0 bridgehead atoms. The monoisotopic (exact) mass is 279 g/mol. The van der Waals surface area contributed by atoms with Gasteiger partial charge in [0.25, 0.3) is 0 Å². The molecular weight excluding hydrogens is 258 g/mol. The molecule has 4 heteroatoms. The Hall–Kier alpha value is -0.870. The molecule has 0 heterocycles. The zero-order valence-corrected chi connectivity index (χ0v) is 12.1. The molecule has 1 aromatic rings. The van der Waals surface area contributed by atoms with Gasteiger partial charge in [-0.3, -0.25) is 0 Å². The van der Waals surface area contributed by atoms with Crippen molar-refractivity contribution in [3.8, 4) is 0 Å². The van der Waals surface area contributed by atoms with Crippen molar-refractivity contribution in [3.63, 3.8) is 0 Å². The van der Waals surface area contributed by atoms with Gasteiger partial charge >= 0.3 is 0 Å². The molecule has 3 unspecified atom stereocenters. The average molecular weight is 279 g/mol. The first-order valence-corrected chi connectivity index (χ1v) is 8.66. The molecular formula is C15H21NO2S. The highest BCUT2D eigenvalue weighted by Crippen LogP contribution is 2.35. The van der Waals surface area contributed by atoms with Crippen LogP contribution in [0.5, 0.6) is 0 Å². The first kappa shape index (κ1) is 13.1. The zero-order valence-electron chi connectivity index (χ0n) is 11.3. The van der Waals surface area contributed by atoms with E-state index >= 15 is 0 Å². The SMILES string of the molecule is CC1C(N)CCC1S(=O)(=O)c1ccc2c(c1)CCC2. The maximum absolute atomic E-state index is 12.7. The van der Waals surface area contributed by atoms with Crippen LogP contribution in [0.1, 0.15) is 37.3 Å². The van der Waals surface area contributed by atoms with E-state index in [1.807, 2.05) is 19.1 Å². The summed E-state index contributed by atoms with van der Waals surface area (Å²) in [7, 11) is -3.22. The number of benzene rings is 1. The van der Waals surface area contributed by atoms with Crippen LogP contribution in [0.25, 0.3) is 0 Å². The zero-order chi connectivity index (χ0) is 13.6. The molecule has 0 aromatic heterocycles. The van der Waals surface area contributed by atoms with Gasteiger partial charge in [0.15, 0.2) is 9.84 Å². The van der Waals surface area contributed by atoms with Gasteiger partial charge < -0.3 is 5.73 Å². The van der Waals surface area contributed by atoms with E-state index < -0.39 is 9.84 Å². The van der Waals surface area contributed by atoms with E-state index in [1.54, 1.807) is 6.07 Å². The molecule has 3 rings (SSSR count). The van der Waals surface area contributed by atoms with Crippen molar-refractivity contribution in [2.45, 2.75) is 55.2 Å². The van der Waals surface area contributed by atoms with E-state index in [1.165, 1.54) is 11.1 Å². The third kappa shape index (κ3) is 2.11. The molecule has 0 radical (unpaired) electrons. The van der Waals surface area contributed by atoms with E-state index in [4.69, 9.17) is 5.73 Å². The Labute approximate surface area is 115 Å². The quantitative estimate of drug-likeness (QED) is 0.901. The van der Waals surface area contributed by atoms with Crippen LogP contribution >= 0.6 is 0 Å². The van der Waals surface area contributed by atoms with Crippen molar-refractivity contribution < 1.29 is 8.42 Å². The third-order valence-corrected chi connectivity index (χ3v) is 7.22. The second-order valence-corrected chi connectivity index (χ2v) is 8.13. The minimum Gasteiger partial charge on any atom is -0.327 e. The van der Waals surface area contributed by atoms with Crippen molar-refractivity contribution >= 4 is 9.84 Å². The van der Waals surface area contributed by atoms with Crippen LogP contribution in [0, 0.1) is 5.92 Å². The summed E-state index contributed by atoms with van der Waals surface area (Å²) in [5.74, 6) is 0.0539. The molecule has 2 aliphatic carbocycles. The number of rotatable bonds is 2. The minimum atomic E-state index is -3.22. The van der Waals surface area contributed by atoms with Gasteiger partial charge in [-0.25, -0.2) is 8.42 Å². The maximum atomic E-state index is 12.7. The first-order chi connectivity index (χ1) is 9.00. The van der Waals surface area contributed by atoms with Gasteiger partial charge in [-0.2, -0.15) is 0 Å². The molecule has 3 atom stereocenters. The molecule has 0 saturated heterocycles. The molecule has 2 N–H and O–H groups in total. The minimum absolute atomic E-state index is 0.0224. The van der Waals surface area contributed by atoms with Gasteiger partial charge in [0.05, 0.1) is 10.1 Å².